The number of rotatable bonds is 7. The zero-order valence-electron chi connectivity index (χ0n) is 32.4. The van der Waals surface area contributed by atoms with Gasteiger partial charge in [0.1, 0.15) is 0 Å². The molecule has 1 heteroatoms. The predicted octanol–water partition coefficient (Wildman–Crippen LogP) is 14.5. The van der Waals surface area contributed by atoms with Crippen molar-refractivity contribution in [3.05, 3.63) is 269 Å². The highest BCUT2D eigenvalue weighted by Crippen LogP contribution is 2.58. The van der Waals surface area contributed by atoms with Crippen LogP contribution in [-0.4, -0.2) is 0 Å². The minimum atomic E-state index is -0.450. The summed E-state index contributed by atoms with van der Waals surface area (Å²) in [5.74, 6) is 0. The second kappa shape index (κ2) is 13.5. The van der Waals surface area contributed by atoms with Crippen LogP contribution in [0.5, 0.6) is 0 Å². The first-order valence-electron chi connectivity index (χ1n) is 20.3. The van der Waals surface area contributed by atoms with E-state index >= 15 is 0 Å². The van der Waals surface area contributed by atoms with Crippen molar-refractivity contribution in [2.45, 2.75) is 17.8 Å². The average molecular weight is 740 g/mol. The molecule has 11 rings (SSSR count). The summed E-state index contributed by atoms with van der Waals surface area (Å²) in [6.07, 6.45) is 0. The molecule has 9 aromatic rings. The van der Waals surface area contributed by atoms with E-state index in [1.54, 1.807) is 0 Å². The number of benzene rings is 9. The molecule has 1 unspecified atom stereocenters. The molecule has 0 radical (unpaired) electrons. The number of anilines is 3. The molecule has 0 fully saturated rings. The zero-order chi connectivity index (χ0) is 38.7. The zero-order valence-corrected chi connectivity index (χ0v) is 32.4. The lowest BCUT2D eigenvalue weighted by Gasteiger charge is -2.34. The van der Waals surface area contributed by atoms with Crippen molar-refractivity contribution in [3.63, 3.8) is 0 Å². The van der Waals surface area contributed by atoms with Gasteiger partial charge in [0, 0.05) is 22.5 Å². The van der Waals surface area contributed by atoms with Crippen LogP contribution in [-0.2, 0) is 10.8 Å². The summed E-state index contributed by atoms with van der Waals surface area (Å²) in [6, 6.07) is 85.0. The Morgan fingerprint density at radius 1 is 0.293 bits per heavy atom. The minimum Gasteiger partial charge on any atom is -0.310 e. The number of fused-ring (bicyclic) bond motifs is 6. The molecule has 0 N–H and O–H groups in total. The van der Waals surface area contributed by atoms with E-state index in [1.807, 2.05) is 0 Å². The van der Waals surface area contributed by atoms with Gasteiger partial charge in [0.15, 0.2) is 0 Å². The van der Waals surface area contributed by atoms with Crippen LogP contribution in [0, 0.1) is 0 Å². The maximum absolute atomic E-state index is 2.45. The Hall–Kier alpha value is -7.22. The third-order valence-electron chi connectivity index (χ3n) is 12.8. The molecule has 58 heavy (non-hydrogen) atoms. The highest BCUT2D eigenvalue weighted by molar-refractivity contribution is 5.92. The first-order valence-corrected chi connectivity index (χ1v) is 20.3. The molecule has 274 valence electrons. The fraction of sp³-hybridized carbons (Fsp3) is 0.0526. The van der Waals surface area contributed by atoms with Crippen LogP contribution < -0.4 is 4.90 Å². The second-order valence-corrected chi connectivity index (χ2v) is 15.8. The van der Waals surface area contributed by atoms with Gasteiger partial charge in [-0.1, -0.05) is 194 Å². The van der Waals surface area contributed by atoms with Gasteiger partial charge in [-0.3, -0.25) is 0 Å². The lowest BCUT2D eigenvalue weighted by atomic mass is 9.68. The van der Waals surface area contributed by atoms with Gasteiger partial charge in [0.25, 0.3) is 0 Å². The molecule has 0 saturated heterocycles. The van der Waals surface area contributed by atoms with E-state index in [0.717, 1.165) is 17.1 Å². The Morgan fingerprint density at radius 2 is 0.672 bits per heavy atom. The Balaban J connectivity index is 1.13. The van der Waals surface area contributed by atoms with E-state index in [-0.39, 0.29) is 5.41 Å². The van der Waals surface area contributed by atoms with Crippen molar-refractivity contribution < 1.29 is 0 Å². The number of hydrogen-bond donors (Lipinski definition) is 0. The maximum Gasteiger partial charge on any atom is 0.0713 e. The van der Waals surface area contributed by atoms with Gasteiger partial charge in [-0.2, -0.15) is 0 Å². The molecule has 1 atom stereocenters. The Kier molecular flexibility index (Phi) is 7.91. The van der Waals surface area contributed by atoms with Crippen molar-refractivity contribution in [1.82, 2.24) is 0 Å². The lowest BCUT2D eigenvalue weighted by molar-refractivity contribution is 0.714. The summed E-state index contributed by atoms with van der Waals surface area (Å²) < 4.78 is 0. The van der Waals surface area contributed by atoms with E-state index < -0.39 is 5.41 Å². The fourth-order valence-electron chi connectivity index (χ4n) is 10.2. The monoisotopic (exact) mass is 739 g/mol. The van der Waals surface area contributed by atoms with Crippen molar-refractivity contribution in [3.8, 4) is 33.4 Å². The summed E-state index contributed by atoms with van der Waals surface area (Å²) in [6.45, 7) is 2.39. The SMILES string of the molecule is CC1(c2ccccc2)c2ccccc2-c2cc(N(c3ccc(-c4ccccc4)cc3)c3ccc4c(c3)-c3ccccc3C4(c3ccccc3)c3ccccc3)ccc21. The molecule has 0 amide bonds. The van der Waals surface area contributed by atoms with Gasteiger partial charge in [0.05, 0.1) is 5.41 Å². The van der Waals surface area contributed by atoms with E-state index in [4.69, 9.17) is 0 Å². The molecule has 1 nitrogen and oxygen atoms in total. The molecular formula is C57H41N. The van der Waals surface area contributed by atoms with Crippen LogP contribution in [0.15, 0.2) is 231 Å². The third kappa shape index (κ3) is 5.03. The summed E-state index contributed by atoms with van der Waals surface area (Å²) in [5.41, 5.74) is 19.3. The Bertz CT molecular complexity index is 2890. The van der Waals surface area contributed by atoms with Crippen LogP contribution >= 0.6 is 0 Å². The van der Waals surface area contributed by atoms with E-state index in [0.29, 0.717) is 0 Å². The van der Waals surface area contributed by atoms with E-state index in [1.165, 1.54) is 72.3 Å². The van der Waals surface area contributed by atoms with Crippen molar-refractivity contribution in [1.29, 1.82) is 0 Å². The standard InChI is InChI=1S/C57H41N/c1-56(42-20-8-3-9-21-42)52-28-16-14-26-48(52)50-38-46(34-36-53(50)56)58(45-32-30-41(31-33-45)40-18-6-2-7-19-40)47-35-37-55-51(39-47)49-27-15-17-29-54(49)57(55,43-22-10-4-11-23-43)44-24-12-5-13-25-44/h2-39H,1H3. The maximum atomic E-state index is 2.45. The molecule has 0 bridgehead atoms. The quantitative estimate of drug-likeness (QED) is 0.157. The predicted molar refractivity (Wildman–Crippen MR) is 241 cm³/mol. The Labute approximate surface area is 341 Å². The molecule has 0 aliphatic heterocycles. The summed E-state index contributed by atoms with van der Waals surface area (Å²) in [4.78, 5) is 2.45. The summed E-state index contributed by atoms with van der Waals surface area (Å²) >= 11 is 0. The van der Waals surface area contributed by atoms with Gasteiger partial charge in [-0.25, -0.2) is 0 Å². The van der Waals surface area contributed by atoms with Gasteiger partial charge in [0.2, 0.25) is 0 Å². The van der Waals surface area contributed by atoms with Crippen molar-refractivity contribution in [2.24, 2.45) is 0 Å². The number of hydrogen-bond acceptors (Lipinski definition) is 1. The van der Waals surface area contributed by atoms with Gasteiger partial charge in [-0.15, -0.1) is 0 Å². The molecule has 0 aromatic heterocycles. The smallest absolute Gasteiger partial charge is 0.0713 e. The molecule has 0 spiro atoms. The summed E-state index contributed by atoms with van der Waals surface area (Å²) in [7, 11) is 0. The van der Waals surface area contributed by atoms with Crippen LogP contribution in [0.4, 0.5) is 17.1 Å². The van der Waals surface area contributed by atoms with Crippen LogP contribution in [0.1, 0.15) is 45.9 Å². The highest BCUT2D eigenvalue weighted by Gasteiger charge is 2.46. The second-order valence-electron chi connectivity index (χ2n) is 15.8. The summed E-state index contributed by atoms with van der Waals surface area (Å²) in [5, 5.41) is 0. The molecule has 0 saturated carbocycles. The third-order valence-corrected chi connectivity index (χ3v) is 12.8. The average Bonchev–Trinajstić information content (AvgIpc) is 3.75. The minimum absolute atomic E-state index is 0.261. The topological polar surface area (TPSA) is 3.24 Å². The van der Waals surface area contributed by atoms with E-state index in [2.05, 4.69) is 242 Å². The van der Waals surface area contributed by atoms with Crippen LogP contribution in [0.3, 0.4) is 0 Å². The largest absolute Gasteiger partial charge is 0.310 e. The first-order chi connectivity index (χ1) is 28.7. The van der Waals surface area contributed by atoms with Crippen molar-refractivity contribution in [2.75, 3.05) is 4.90 Å². The molecule has 2 aliphatic carbocycles. The normalized spacial score (nSPS) is 15.5. The highest BCUT2D eigenvalue weighted by atomic mass is 15.1. The van der Waals surface area contributed by atoms with Crippen LogP contribution in [0.2, 0.25) is 0 Å². The molecule has 9 aromatic carbocycles. The molecule has 0 heterocycles. The Morgan fingerprint density at radius 3 is 1.26 bits per heavy atom. The van der Waals surface area contributed by atoms with Gasteiger partial charge >= 0.3 is 0 Å². The van der Waals surface area contributed by atoms with Crippen LogP contribution in [0.25, 0.3) is 33.4 Å². The van der Waals surface area contributed by atoms with Gasteiger partial charge < -0.3 is 4.90 Å². The molecular weight excluding hydrogens is 699 g/mol. The fourth-order valence-corrected chi connectivity index (χ4v) is 10.2. The number of nitrogens with zero attached hydrogens (tertiary/aromatic N) is 1. The molecule has 2 aliphatic rings. The first kappa shape index (κ1) is 34.1. The van der Waals surface area contributed by atoms with E-state index in [9.17, 15) is 0 Å². The van der Waals surface area contributed by atoms with Gasteiger partial charge in [-0.05, 0) is 116 Å². The van der Waals surface area contributed by atoms with Crippen molar-refractivity contribution >= 4 is 17.1 Å². The lowest BCUT2D eigenvalue weighted by Crippen LogP contribution is -2.28.